The van der Waals surface area contributed by atoms with E-state index in [1.54, 1.807) is 6.20 Å². The molecule has 0 unspecified atom stereocenters. The van der Waals surface area contributed by atoms with Crippen molar-refractivity contribution in [1.82, 2.24) is 9.78 Å². The highest BCUT2D eigenvalue weighted by Gasteiger charge is 2.10. The van der Waals surface area contributed by atoms with Gasteiger partial charge in [-0.15, -0.1) is 0 Å². The number of nitrogens with zero attached hydrogens (tertiary/aromatic N) is 3. The molecule has 1 heterocycles. The molecule has 0 amide bonds. The van der Waals surface area contributed by atoms with Crippen LogP contribution in [0.15, 0.2) is 63.0 Å². The molecule has 6 heteroatoms. The number of rotatable bonds is 4. The summed E-state index contributed by atoms with van der Waals surface area (Å²) in [5.41, 5.74) is 3.96. The molecule has 1 aromatic carbocycles. The number of hydrogen-bond acceptors (Lipinski definition) is 4. The van der Waals surface area contributed by atoms with E-state index in [1.807, 2.05) is 36.5 Å². The first kappa shape index (κ1) is 15.7. The van der Waals surface area contributed by atoms with Crippen molar-refractivity contribution in [2.75, 3.05) is 5.43 Å². The van der Waals surface area contributed by atoms with Gasteiger partial charge in [-0.3, -0.25) is 10.2 Å². The molecule has 3 rings (SSSR count). The lowest BCUT2D eigenvalue weighted by Gasteiger charge is -2.12. The third-order valence-corrected chi connectivity index (χ3v) is 4.47. The molecule has 0 fully saturated rings. The predicted molar refractivity (Wildman–Crippen MR) is 96.1 cm³/mol. The number of hydrogen-bond donors (Lipinski definition) is 1. The van der Waals surface area contributed by atoms with Crippen molar-refractivity contribution in [3.05, 3.63) is 63.5 Å². The van der Waals surface area contributed by atoms with Crippen molar-refractivity contribution in [2.45, 2.75) is 19.3 Å². The summed E-state index contributed by atoms with van der Waals surface area (Å²) >= 11 is 3.33. The quantitative estimate of drug-likeness (QED) is 0.505. The normalized spacial score (nSPS) is 17.5. The van der Waals surface area contributed by atoms with Gasteiger partial charge >= 0.3 is 0 Å². The van der Waals surface area contributed by atoms with Crippen LogP contribution in [-0.4, -0.2) is 16.0 Å². The molecule has 118 valence electrons. The molecule has 0 radical (unpaired) electrons. The lowest BCUT2D eigenvalue weighted by molar-refractivity contribution is 0.627. The zero-order chi connectivity index (χ0) is 16.1. The largest absolute Gasteiger partial charge is 0.287 e. The van der Waals surface area contributed by atoms with Gasteiger partial charge in [-0.2, -0.15) is 14.9 Å². The fraction of sp³-hybridized carbons (Fsp3) is 0.235. The van der Waals surface area contributed by atoms with Gasteiger partial charge < -0.3 is 0 Å². The molecule has 0 bridgehead atoms. The summed E-state index contributed by atoms with van der Waals surface area (Å²) in [6.45, 7) is 0. The number of anilines is 1. The summed E-state index contributed by atoms with van der Waals surface area (Å²) in [6, 6.07) is 9.30. The minimum atomic E-state index is -0.225. The van der Waals surface area contributed by atoms with Gasteiger partial charge in [0.25, 0.3) is 5.56 Å². The van der Waals surface area contributed by atoms with Gasteiger partial charge in [0.15, 0.2) is 0 Å². The third kappa shape index (κ3) is 3.76. The van der Waals surface area contributed by atoms with E-state index in [4.69, 9.17) is 0 Å². The van der Waals surface area contributed by atoms with Gasteiger partial charge in [-0.25, -0.2) is 0 Å². The maximum Gasteiger partial charge on any atom is 0.287 e. The van der Waals surface area contributed by atoms with E-state index in [0.717, 1.165) is 24.9 Å². The van der Waals surface area contributed by atoms with Crippen molar-refractivity contribution >= 4 is 27.8 Å². The number of aromatic nitrogens is 2. The molecule has 5 nitrogen and oxygen atoms in total. The van der Waals surface area contributed by atoms with Crippen LogP contribution in [0.25, 0.3) is 5.69 Å². The van der Waals surface area contributed by atoms with E-state index in [1.165, 1.54) is 4.68 Å². The van der Waals surface area contributed by atoms with Crippen molar-refractivity contribution in [3.63, 3.8) is 0 Å². The molecule has 1 atom stereocenters. The van der Waals surface area contributed by atoms with E-state index in [0.29, 0.717) is 16.1 Å². The molecule has 1 aliphatic carbocycles. The van der Waals surface area contributed by atoms with E-state index in [-0.39, 0.29) is 5.56 Å². The first-order valence-corrected chi connectivity index (χ1v) is 8.32. The Kier molecular flexibility index (Phi) is 5.02. The molecular weight excluding hydrogens is 356 g/mol. The van der Waals surface area contributed by atoms with E-state index >= 15 is 0 Å². The number of nitrogens with one attached hydrogen (secondary N) is 1. The van der Waals surface area contributed by atoms with Crippen LogP contribution in [0.1, 0.15) is 19.3 Å². The van der Waals surface area contributed by atoms with Crippen LogP contribution in [0.4, 0.5) is 5.69 Å². The Morgan fingerprint density at radius 3 is 2.87 bits per heavy atom. The number of halogens is 1. The van der Waals surface area contributed by atoms with Crippen LogP contribution in [0, 0.1) is 5.92 Å². The van der Waals surface area contributed by atoms with Gasteiger partial charge in [0.05, 0.1) is 17.6 Å². The van der Waals surface area contributed by atoms with Crippen LogP contribution in [0.5, 0.6) is 0 Å². The van der Waals surface area contributed by atoms with Gasteiger partial charge in [-0.1, -0.05) is 30.4 Å². The first-order chi connectivity index (χ1) is 11.3. The van der Waals surface area contributed by atoms with Crippen molar-refractivity contribution in [2.24, 2.45) is 11.0 Å². The fourth-order valence-electron chi connectivity index (χ4n) is 2.43. The molecule has 0 saturated heterocycles. The Morgan fingerprint density at radius 2 is 2.13 bits per heavy atom. The maximum absolute atomic E-state index is 12.4. The van der Waals surface area contributed by atoms with Crippen LogP contribution < -0.4 is 11.0 Å². The molecule has 1 aliphatic rings. The molecule has 0 spiro atoms. The monoisotopic (exact) mass is 372 g/mol. The molecule has 1 aromatic heterocycles. The van der Waals surface area contributed by atoms with Crippen LogP contribution in [0.2, 0.25) is 0 Å². The van der Waals surface area contributed by atoms with Gasteiger partial charge in [0, 0.05) is 6.21 Å². The van der Waals surface area contributed by atoms with E-state index in [9.17, 15) is 4.79 Å². The lowest BCUT2D eigenvalue weighted by atomic mass is 9.96. The Labute approximate surface area is 142 Å². The highest BCUT2D eigenvalue weighted by atomic mass is 79.9. The molecule has 1 N–H and O–H groups in total. The summed E-state index contributed by atoms with van der Waals surface area (Å²) in [4.78, 5) is 12.4. The highest BCUT2D eigenvalue weighted by Crippen LogP contribution is 2.19. The van der Waals surface area contributed by atoms with Crippen molar-refractivity contribution in [1.29, 1.82) is 0 Å². The van der Waals surface area contributed by atoms with Gasteiger partial charge in [0.2, 0.25) is 0 Å². The topological polar surface area (TPSA) is 59.3 Å². The average Bonchev–Trinajstić information content (AvgIpc) is 2.60. The van der Waals surface area contributed by atoms with Crippen LogP contribution in [-0.2, 0) is 0 Å². The summed E-state index contributed by atoms with van der Waals surface area (Å²) < 4.78 is 1.77. The Morgan fingerprint density at radius 1 is 1.30 bits per heavy atom. The number of hydrazone groups is 1. The minimum absolute atomic E-state index is 0.225. The first-order valence-electron chi connectivity index (χ1n) is 7.53. The molecule has 0 saturated carbocycles. The van der Waals surface area contributed by atoms with E-state index < -0.39 is 0 Å². The second-order valence-electron chi connectivity index (χ2n) is 5.36. The highest BCUT2D eigenvalue weighted by molar-refractivity contribution is 9.10. The maximum atomic E-state index is 12.4. The van der Waals surface area contributed by atoms with Crippen LogP contribution in [0.3, 0.4) is 0 Å². The summed E-state index contributed by atoms with van der Waals surface area (Å²) in [5.74, 6) is 0.448. The Bertz CT molecular complexity index is 783. The standard InChI is InChI=1S/C17H17BrN4O/c18-16-15(21-19-11-13-7-3-1-4-8-13)12-20-22(17(16)23)14-9-5-2-6-10-14/h1-3,5-6,9-13,21H,4,7-8H2/t13-/m1/s1. The van der Waals surface area contributed by atoms with Gasteiger partial charge in [0.1, 0.15) is 4.47 Å². The number of para-hydroxylation sites is 1. The third-order valence-electron chi connectivity index (χ3n) is 3.70. The Balaban J connectivity index is 1.77. The summed E-state index contributed by atoms with van der Waals surface area (Å²) in [6.07, 6.45) is 11.1. The number of allylic oxidation sites excluding steroid dienone is 2. The molecule has 23 heavy (non-hydrogen) atoms. The second-order valence-corrected chi connectivity index (χ2v) is 6.15. The minimum Gasteiger partial charge on any atom is -0.276 e. The fourth-order valence-corrected chi connectivity index (χ4v) is 2.79. The van der Waals surface area contributed by atoms with Gasteiger partial charge in [-0.05, 0) is 53.2 Å². The number of benzene rings is 1. The summed E-state index contributed by atoms with van der Waals surface area (Å²) in [7, 11) is 0. The second kappa shape index (κ2) is 7.37. The lowest BCUT2D eigenvalue weighted by Crippen LogP contribution is -2.22. The SMILES string of the molecule is O=c1c(Br)c(NN=C[C@@H]2CC=CCC2)cnn1-c1ccccc1. The van der Waals surface area contributed by atoms with Crippen molar-refractivity contribution < 1.29 is 0 Å². The van der Waals surface area contributed by atoms with E-state index in [2.05, 4.69) is 43.7 Å². The summed E-state index contributed by atoms with van der Waals surface area (Å²) in [5, 5.41) is 8.44. The molecule has 0 aliphatic heterocycles. The van der Waals surface area contributed by atoms with Crippen molar-refractivity contribution in [3.8, 4) is 5.69 Å². The smallest absolute Gasteiger partial charge is 0.276 e. The molecular formula is C17H17BrN4O. The average molecular weight is 373 g/mol. The Hall–Kier alpha value is -2.21. The van der Waals surface area contributed by atoms with Crippen LogP contribution >= 0.6 is 15.9 Å². The predicted octanol–water partition coefficient (Wildman–Crippen LogP) is 3.75. The zero-order valence-electron chi connectivity index (χ0n) is 12.5. The zero-order valence-corrected chi connectivity index (χ0v) is 14.1. The molecule has 2 aromatic rings.